The van der Waals surface area contributed by atoms with Crippen LogP contribution in [0, 0.1) is 6.92 Å². The van der Waals surface area contributed by atoms with E-state index < -0.39 is 0 Å². The minimum absolute atomic E-state index is 0.237. The average molecular weight is 192 g/mol. The molecule has 2 aromatic rings. The molecule has 4 nitrogen and oxygen atoms in total. The van der Waals surface area contributed by atoms with Crippen molar-refractivity contribution in [3.63, 3.8) is 0 Å². The maximum atomic E-state index is 11.4. The second-order valence-corrected chi connectivity index (χ2v) is 3.06. The van der Waals surface area contributed by atoms with Crippen LogP contribution in [0.25, 0.3) is 11.0 Å². The van der Waals surface area contributed by atoms with Gasteiger partial charge in [-0.05, 0) is 13.0 Å². The van der Waals surface area contributed by atoms with Crippen molar-refractivity contribution < 1.29 is 14.6 Å². The van der Waals surface area contributed by atoms with E-state index in [0.717, 1.165) is 0 Å². The zero-order valence-electron chi connectivity index (χ0n) is 7.44. The summed E-state index contributed by atoms with van der Waals surface area (Å²) < 4.78 is 5.21. The summed E-state index contributed by atoms with van der Waals surface area (Å²) in [5.74, 6) is -0.160. The minimum Gasteiger partial charge on any atom is -0.504 e. The maximum Gasteiger partial charge on any atom is 0.193 e. The van der Waals surface area contributed by atoms with Crippen LogP contribution in [0.4, 0.5) is 0 Å². The van der Waals surface area contributed by atoms with E-state index in [1.807, 2.05) is 0 Å². The van der Waals surface area contributed by atoms with Crippen molar-refractivity contribution in [2.75, 3.05) is 0 Å². The molecule has 1 aromatic heterocycles. The molecule has 0 spiro atoms. The van der Waals surface area contributed by atoms with Gasteiger partial charge < -0.3 is 14.6 Å². The lowest BCUT2D eigenvalue weighted by Gasteiger charge is -2.01. The van der Waals surface area contributed by atoms with Crippen molar-refractivity contribution in [3.05, 3.63) is 34.2 Å². The van der Waals surface area contributed by atoms with Gasteiger partial charge in [0, 0.05) is 12.1 Å². The molecule has 0 aliphatic carbocycles. The third-order valence-corrected chi connectivity index (χ3v) is 1.95. The van der Waals surface area contributed by atoms with Crippen molar-refractivity contribution >= 4 is 11.0 Å². The van der Waals surface area contributed by atoms with Gasteiger partial charge in [-0.25, -0.2) is 0 Å². The van der Waals surface area contributed by atoms with Gasteiger partial charge >= 0.3 is 0 Å². The summed E-state index contributed by atoms with van der Waals surface area (Å²) in [6, 6.07) is 3.74. The Balaban J connectivity index is 2.96. The molecule has 14 heavy (non-hydrogen) atoms. The minimum atomic E-state index is -0.325. The molecule has 2 rings (SSSR count). The van der Waals surface area contributed by atoms with Crippen LogP contribution in [0.2, 0.25) is 0 Å². The zero-order valence-corrected chi connectivity index (χ0v) is 7.44. The second kappa shape index (κ2) is 2.77. The van der Waals surface area contributed by atoms with Gasteiger partial charge in [-0.3, -0.25) is 4.79 Å². The highest BCUT2D eigenvalue weighted by molar-refractivity contribution is 5.80. The number of hydrogen-bond acceptors (Lipinski definition) is 4. The fourth-order valence-electron chi connectivity index (χ4n) is 1.30. The average Bonchev–Trinajstić information content (AvgIpc) is 2.08. The number of rotatable bonds is 0. The standard InChI is InChI=1S/C10H8O4/c1-5-2-7(11)6-3-8(12)9(13)4-10(6)14-5/h2-4,12-13H,1H3. The van der Waals surface area contributed by atoms with E-state index in [1.165, 1.54) is 18.2 Å². The third-order valence-electron chi connectivity index (χ3n) is 1.95. The van der Waals surface area contributed by atoms with Gasteiger partial charge in [0.25, 0.3) is 0 Å². The van der Waals surface area contributed by atoms with Crippen LogP contribution in [-0.4, -0.2) is 10.2 Å². The molecule has 4 heteroatoms. The van der Waals surface area contributed by atoms with E-state index in [0.29, 0.717) is 5.76 Å². The third kappa shape index (κ3) is 1.21. The first kappa shape index (κ1) is 8.62. The van der Waals surface area contributed by atoms with E-state index in [4.69, 9.17) is 4.42 Å². The van der Waals surface area contributed by atoms with E-state index in [1.54, 1.807) is 6.92 Å². The van der Waals surface area contributed by atoms with E-state index in [-0.39, 0.29) is 27.9 Å². The smallest absolute Gasteiger partial charge is 0.193 e. The fourth-order valence-corrected chi connectivity index (χ4v) is 1.30. The predicted molar refractivity (Wildman–Crippen MR) is 50.6 cm³/mol. The monoisotopic (exact) mass is 192 g/mol. The van der Waals surface area contributed by atoms with E-state index in [9.17, 15) is 15.0 Å². The van der Waals surface area contributed by atoms with Crippen molar-refractivity contribution in [1.29, 1.82) is 0 Å². The summed E-state index contributed by atoms with van der Waals surface area (Å²) in [6.45, 7) is 1.64. The van der Waals surface area contributed by atoms with Gasteiger partial charge in [-0.1, -0.05) is 0 Å². The lowest BCUT2D eigenvalue weighted by Crippen LogP contribution is -1.99. The molecule has 0 saturated carbocycles. The first-order valence-corrected chi connectivity index (χ1v) is 4.04. The SMILES string of the molecule is Cc1cc(=O)c2cc(O)c(O)cc2o1. The van der Waals surface area contributed by atoms with E-state index in [2.05, 4.69) is 0 Å². The summed E-state index contributed by atoms with van der Waals surface area (Å²) >= 11 is 0. The summed E-state index contributed by atoms with van der Waals surface area (Å²) in [6.07, 6.45) is 0. The van der Waals surface area contributed by atoms with Crippen LogP contribution in [0.3, 0.4) is 0 Å². The molecule has 72 valence electrons. The number of hydrogen-bond donors (Lipinski definition) is 2. The van der Waals surface area contributed by atoms with Crippen LogP contribution < -0.4 is 5.43 Å². The first-order chi connectivity index (χ1) is 6.58. The number of aryl methyl sites for hydroxylation is 1. The van der Waals surface area contributed by atoms with Crippen LogP contribution in [-0.2, 0) is 0 Å². The molecular weight excluding hydrogens is 184 g/mol. The topological polar surface area (TPSA) is 70.7 Å². The Bertz CT molecular complexity index is 554. The largest absolute Gasteiger partial charge is 0.504 e. The summed E-state index contributed by atoms with van der Waals surface area (Å²) in [5.41, 5.74) is 0.0318. The Morgan fingerprint density at radius 1 is 1.14 bits per heavy atom. The molecule has 2 N–H and O–H groups in total. The van der Waals surface area contributed by atoms with Gasteiger partial charge in [-0.2, -0.15) is 0 Å². The fraction of sp³-hybridized carbons (Fsp3) is 0.100. The number of benzene rings is 1. The van der Waals surface area contributed by atoms with Crippen LogP contribution >= 0.6 is 0 Å². The number of phenolic OH excluding ortho intramolecular Hbond substituents is 2. The molecule has 0 aliphatic rings. The molecule has 0 bridgehead atoms. The highest BCUT2D eigenvalue weighted by Gasteiger charge is 2.07. The molecule has 0 saturated heterocycles. The lowest BCUT2D eigenvalue weighted by atomic mass is 10.2. The van der Waals surface area contributed by atoms with Gasteiger partial charge in [0.2, 0.25) is 0 Å². The number of fused-ring (bicyclic) bond motifs is 1. The number of aromatic hydroxyl groups is 2. The Kier molecular flexibility index (Phi) is 1.70. The predicted octanol–water partition coefficient (Wildman–Crippen LogP) is 1.51. The summed E-state index contributed by atoms with van der Waals surface area (Å²) in [7, 11) is 0. The molecule has 1 aromatic carbocycles. The molecule has 0 unspecified atom stereocenters. The van der Waals surface area contributed by atoms with Gasteiger partial charge in [0.1, 0.15) is 11.3 Å². The highest BCUT2D eigenvalue weighted by atomic mass is 16.3. The Morgan fingerprint density at radius 3 is 2.50 bits per heavy atom. The molecule has 0 amide bonds. The van der Waals surface area contributed by atoms with Crippen LogP contribution in [0.1, 0.15) is 5.76 Å². The van der Waals surface area contributed by atoms with Crippen molar-refractivity contribution in [3.8, 4) is 11.5 Å². The first-order valence-electron chi connectivity index (χ1n) is 4.04. The molecule has 0 fully saturated rings. The van der Waals surface area contributed by atoms with Gasteiger partial charge in [0.05, 0.1) is 5.39 Å². The summed E-state index contributed by atoms with van der Waals surface area (Å²) in [5, 5.41) is 18.6. The Morgan fingerprint density at radius 2 is 1.79 bits per heavy atom. The highest BCUT2D eigenvalue weighted by Crippen LogP contribution is 2.28. The lowest BCUT2D eigenvalue weighted by molar-refractivity contribution is 0.403. The van der Waals surface area contributed by atoms with Gasteiger partial charge in [-0.15, -0.1) is 0 Å². The second-order valence-electron chi connectivity index (χ2n) is 3.06. The van der Waals surface area contributed by atoms with E-state index >= 15 is 0 Å². The quantitative estimate of drug-likeness (QED) is 0.620. The Labute approximate surface area is 79.0 Å². The van der Waals surface area contributed by atoms with Crippen molar-refractivity contribution in [2.24, 2.45) is 0 Å². The zero-order chi connectivity index (χ0) is 10.3. The maximum absolute atomic E-state index is 11.4. The molecule has 0 aliphatic heterocycles. The molecule has 0 atom stereocenters. The summed E-state index contributed by atoms with van der Waals surface area (Å²) in [4.78, 5) is 11.4. The molecular formula is C10H8O4. The van der Waals surface area contributed by atoms with Crippen molar-refractivity contribution in [1.82, 2.24) is 0 Å². The normalized spacial score (nSPS) is 10.6. The van der Waals surface area contributed by atoms with Gasteiger partial charge in [0.15, 0.2) is 16.9 Å². The Hall–Kier alpha value is -1.97. The molecule has 1 heterocycles. The molecule has 0 radical (unpaired) electrons. The van der Waals surface area contributed by atoms with Crippen LogP contribution in [0.15, 0.2) is 27.4 Å². The van der Waals surface area contributed by atoms with Crippen molar-refractivity contribution in [2.45, 2.75) is 6.92 Å². The van der Waals surface area contributed by atoms with Crippen LogP contribution in [0.5, 0.6) is 11.5 Å². The number of phenols is 2.